The van der Waals surface area contributed by atoms with E-state index in [9.17, 15) is 13.2 Å². The molecule has 1 aromatic rings. The van der Waals surface area contributed by atoms with Crippen molar-refractivity contribution in [1.29, 1.82) is 0 Å². The normalized spacial score (nSPS) is 16.0. The summed E-state index contributed by atoms with van der Waals surface area (Å²) in [6.07, 6.45) is -0.390. The van der Waals surface area contributed by atoms with Gasteiger partial charge in [-0.3, -0.25) is 0 Å². The Morgan fingerprint density at radius 3 is 2.75 bits per heavy atom. The lowest BCUT2D eigenvalue weighted by Crippen LogP contribution is -2.31. The molecule has 0 aromatic heterocycles. The predicted octanol–water partition coefficient (Wildman–Crippen LogP) is 0.863. The Morgan fingerprint density at radius 2 is 2.08 bits per heavy atom. The molecule has 0 amide bonds. The number of rotatable bonds is 8. The van der Waals surface area contributed by atoms with Crippen molar-refractivity contribution in [3.05, 3.63) is 23.8 Å². The number of carbonyl (C=O) groups is 1. The number of likely N-dealkylation sites (N-methyl/N-ethyl adjacent to an activating group) is 1. The van der Waals surface area contributed by atoms with Crippen LogP contribution in [0, 0.1) is 0 Å². The molecule has 2 rings (SSSR count). The summed E-state index contributed by atoms with van der Waals surface area (Å²) in [7, 11) is -3.57. The number of sulfonamides is 1. The van der Waals surface area contributed by atoms with E-state index < -0.39 is 22.1 Å². The third-order valence-electron chi connectivity index (χ3n) is 3.41. The summed E-state index contributed by atoms with van der Waals surface area (Å²) in [6.45, 7) is 5.63. The van der Waals surface area contributed by atoms with Gasteiger partial charge in [-0.2, -0.15) is 0 Å². The average molecular weight is 379 g/mol. The Hall–Kier alpha value is -1.35. The molecule has 0 spiro atoms. The van der Waals surface area contributed by atoms with Crippen molar-refractivity contribution >= 4 is 28.4 Å². The van der Waals surface area contributed by atoms with Gasteiger partial charge in [0, 0.05) is 19.5 Å². The molecule has 0 bridgehead atoms. The third-order valence-corrected chi connectivity index (χ3v) is 4.87. The maximum absolute atomic E-state index is 12.2. The first-order valence-corrected chi connectivity index (χ1v) is 9.12. The lowest BCUT2D eigenvalue weighted by atomic mass is 10.1. The van der Waals surface area contributed by atoms with E-state index in [2.05, 4.69) is 10.0 Å². The molecule has 1 heterocycles. The van der Waals surface area contributed by atoms with Gasteiger partial charge >= 0.3 is 5.97 Å². The van der Waals surface area contributed by atoms with Crippen LogP contribution in [0.2, 0.25) is 0 Å². The molecule has 1 unspecified atom stereocenters. The Balaban J connectivity index is 0.00000288. The molecule has 1 atom stereocenters. The van der Waals surface area contributed by atoms with Crippen molar-refractivity contribution in [2.75, 3.05) is 26.2 Å². The summed E-state index contributed by atoms with van der Waals surface area (Å²) in [5.41, 5.74) is 0.692. The molecule has 1 aliphatic heterocycles. The van der Waals surface area contributed by atoms with Crippen LogP contribution in [0.15, 0.2) is 23.1 Å². The number of fused-ring (bicyclic) bond motifs is 1. The number of hydrogen-bond donors (Lipinski definition) is 2. The highest BCUT2D eigenvalue weighted by atomic mass is 35.5. The molecule has 0 saturated heterocycles. The zero-order chi connectivity index (χ0) is 16.9. The number of hydrogen-bond acceptors (Lipinski definition) is 6. The van der Waals surface area contributed by atoms with Crippen molar-refractivity contribution < 1.29 is 22.7 Å². The number of halogens is 1. The van der Waals surface area contributed by atoms with E-state index >= 15 is 0 Å². The summed E-state index contributed by atoms with van der Waals surface area (Å²) in [6, 6.07) is 4.60. The van der Waals surface area contributed by atoms with Crippen molar-refractivity contribution in [2.24, 2.45) is 0 Å². The average Bonchev–Trinajstić information content (AvgIpc) is 2.95. The minimum absolute atomic E-state index is 0. The fourth-order valence-electron chi connectivity index (χ4n) is 2.29. The molecule has 136 valence electrons. The molecule has 0 fully saturated rings. The van der Waals surface area contributed by atoms with E-state index in [1.165, 1.54) is 6.07 Å². The van der Waals surface area contributed by atoms with Gasteiger partial charge in [-0.1, -0.05) is 6.92 Å². The Kier molecular flexibility index (Phi) is 7.95. The van der Waals surface area contributed by atoms with Crippen LogP contribution in [0.3, 0.4) is 0 Å². The van der Waals surface area contributed by atoms with E-state index in [1.54, 1.807) is 19.1 Å². The fourth-order valence-corrected chi connectivity index (χ4v) is 3.37. The SMILES string of the molecule is CCNCCNS(=O)(=O)c1ccc2c(c1)CC(C(=O)OCC)O2.Cl. The topological polar surface area (TPSA) is 93.7 Å². The molecular weight excluding hydrogens is 356 g/mol. The Labute approximate surface area is 148 Å². The second kappa shape index (κ2) is 9.22. The number of benzene rings is 1. The maximum atomic E-state index is 12.2. The van der Waals surface area contributed by atoms with Gasteiger partial charge in [0.15, 0.2) is 6.10 Å². The first-order valence-electron chi connectivity index (χ1n) is 7.64. The van der Waals surface area contributed by atoms with Crippen LogP contribution in [0.5, 0.6) is 5.75 Å². The summed E-state index contributed by atoms with van der Waals surface area (Å²) < 4.78 is 37.4. The molecule has 9 heteroatoms. The van der Waals surface area contributed by atoms with Crippen LogP contribution >= 0.6 is 12.4 Å². The van der Waals surface area contributed by atoms with Crippen LogP contribution in [0.25, 0.3) is 0 Å². The van der Waals surface area contributed by atoms with Gasteiger partial charge in [0.2, 0.25) is 10.0 Å². The monoisotopic (exact) mass is 378 g/mol. The summed E-state index contributed by atoms with van der Waals surface area (Å²) in [5.74, 6) is 0.0894. The number of esters is 1. The first kappa shape index (κ1) is 20.7. The van der Waals surface area contributed by atoms with Gasteiger partial charge in [-0.15, -0.1) is 12.4 Å². The van der Waals surface area contributed by atoms with Gasteiger partial charge in [0.05, 0.1) is 11.5 Å². The summed E-state index contributed by atoms with van der Waals surface area (Å²) in [4.78, 5) is 11.9. The van der Waals surface area contributed by atoms with Crippen LogP contribution in [0.1, 0.15) is 19.4 Å². The standard InChI is InChI=1S/C15H22N2O5S.ClH/c1-3-16-7-8-17-23(19,20)12-5-6-13-11(9-12)10-14(22-13)15(18)21-4-2;/h5-6,9,14,16-17H,3-4,7-8,10H2,1-2H3;1H. The molecule has 24 heavy (non-hydrogen) atoms. The highest BCUT2D eigenvalue weighted by molar-refractivity contribution is 7.89. The number of nitrogens with one attached hydrogen (secondary N) is 2. The molecule has 0 aliphatic carbocycles. The molecule has 1 aromatic carbocycles. The van der Waals surface area contributed by atoms with Gasteiger partial charge in [-0.05, 0) is 37.2 Å². The second-order valence-electron chi connectivity index (χ2n) is 5.08. The van der Waals surface area contributed by atoms with E-state index in [-0.39, 0.29) is 23.9 Å². The molecule has 2 N–H and O–H groups in total. The maximum Gasteiger partial charge on any atom is 0.347 e. The van der Waals surface area contributed by atoms with E-state index in [1.807, 2.05) is 6.92 Å². The quantitative estimate of drug-likeness (QED) is 0.515. The third kappa shape index (κ3) is 5.07. The van der Waals surface area contributed by atoms with Crippen molar-refractivity contribution in [3.63, 3.8) is 0 Å². The zero-order valence-corrected chi connectivity index (χ0v) is 15.3. The first-order chi connectivity index (χ1) is 11.0. The van der Waals surface area contributed by atoms with E-state index in [0.29, 0.717) is 30.8 Å². The van der Waals surface area contributed by atoms with Crippen LogP contribution in [-0.2, 0) is 26.0 Å². The number of carbonyl (C=O) groups excluding carboxylic acids is 1. The lowest BCUT2D eigenvalue weighted by Gasteiger charge is -2.09. The predicted molar refractivity (Wildman–Crippen MR) is 92.2 cm³/mol. The Morgan fingerprint density at radius 1 is 1.33 bits per heavy atom. The van der Waals surface area contributed by atoms with Gasteiger partial charge in [-0.25, -0.2) is 17.9 Å². The second-order valence-corrected chi connectivity index (χ2v) is 6.85. The summed E-state index contributed by atoms with van der Waals surface area (Å²) >= 11 is 0. The molecule has 0 saturated carbocycles. The molecular formula is C15H23ClN2O5S. The molecule has 1 aliphatic rings. The highest BCUT2D eigenvalue weighted by Gasteiger charge is 2.31. The zero-order valence-electron chi connectivity index (χ0n) is 13.7. The lowest BCUT2D eigenvalue weighted by molar-refractivity contribution is -0.150. The van der Waals surface area contributed by atoms with Gasteiger partial charge in [0.25, 0.3) is 0 Å². The van der Waals surface area contributed by atoms with E-state index in [0.717, 1.165) is 6.54 Å². The largest absolute Gasteiger partial charge is 0.478 e. The van der Waals surface area contributed by atoms with Gasteiger partial charge < -0.3 is 14.8 Å². The fraction of sp³-hybridized carbons (Fsp3) is 0.533. The molecule has 7 nitrogen and oxygen atoms in total. The Bertz CT molecular complexity index is 666. The molecule has 0 radical (unpaired) electrons. The highest BCUT2D eigenvalue weighted by Crippen LogP contribution is 2.31. The van der Waals surface area contributed by atoms with Crippen LogP contribution in [0.4, 0.5) is 0 Å². The minimum Gasteiger partial charge on any atom is -0.478 e. The smallest absolute Gasteiger partial charge is 0.347 e. The van der Waals surface area contributed by atoms with Crippen LogP contribution < -0.4 is 14.8 Å². The van der Waals surface area contributed by atoms with Crippen molar-refractivity contribution in [2.45, 2.75) is 31.3 Å². The van der Waals surface area contributed by atoms with Crippen molar-refractivity contribution in [3.8, 4) is 5.75 Å². The minimum atomic E-state index is -3.57. The van der Waals surface area contributed by atoms with Gasteiger partial charge in [0.1, 0.15) is 5.75 Å². The van der Waals surface area contributed by atoms with Crippen molar-refractivity contribution in [1.82, 2.24) is 10.0 Å². The van der Waals surface area contributed by atoms with E-state index in [4.69, 9.17) is 9.47 Å². The summed E-state index contributed by atoms with van der Waals surface area (Å²) in [5, 5.41) is 3.05. The number of ether oxygens (including phenoxy) is 2. The van der Waals surface area contributed by atoms with Crippen LogP contribution in [-0.4, -0.2) is 46.7 Å².